The van der Waals surface area contributed by atoms with Crippen LogP contribution in [0.25, 0.3) is 0 Å². The van der Waals surface area contributed by atoms with Crippen LogP contribution >= 0.6 is 0 Å². The lowest BCUT2D eigenvalue weighted by Crippen LogP contribution is -2.34. The summed E-state index contributed by atoms with van der Waals surface area (Å²) in [6.07, 6.45) is 1.46. The van der Waals surface area contributed by atoms with Crippen molar-refractivity contribution >= 4 is 11.9 Å². The van der Waals surface area contributed by atoms with Crippen molar-refractivity contribution in [1.82, 2.24) is 5.32 Å². The third-order valence-electron chi connectivity index (χ3n) is 3.53. The first-order chi connectivity index (χ1) is 9.08. The molecule has 1 aliphatic rings. The maximum atomic E-state index is 12.0. The highest BCUT2D eigenvalue weighted by molar-refractivity contribution is 5.83. The molecule has 0 aliphatic heterocycles. The average Bonchev–Trinajstić information content (AvgIpc) is 3.18. The number of carbonyl (C=O) groups excluding carboxylic acids is 1. The van der Waals surface area contributed by atoms with Gasteiger partial charge in [0, 0.05) is 18.4 Å². The Morgan fingerprint density at radius 3 is 2.68 bits per heavy atom. The fraction of sp³-hybridized carbons (Fsp3) is 0.467. The topological polar surface area (TPSA) is 66.4 Å². The smallest absolute Gasteiger partial charge is 0.303 e. The molecule has 1 saturated carbocycles. The Bertz CT molecular complexity index is 458. The summed E-state index contributed by atoms with van der Waals surface area (Å²) in [6.45, 7) is 1.85. The summed E-state index contributed by atoms with van der Waals surface area (Å²) in [4.78, 5) is 22.4. The Kier molecular flexibility index (Phi) is 4.20. The molecule has 4 heteroatoms. The maximum absolute atomic E-state index is 12.0. The minimum atomic E-state index is -0.824. The average molecular weight is 261 g/mol. The Balaban J connectivity index is 1.78. The summed E-state index contributed by atoms with van der Waals surface area (Å²) in [5.41, 5.74) is 1.21. The second kappa shape index (κ2) is 5.87. The number of amides is 1. The number of carbonyl (C=O) groups is 2. The van der Waals surface area contributed by atoms with Gasteiger partial charge in [-0.05, 0) is 31.2 Å². The number of nitrogens with one attached hydrogen (secondary N) is 1. The predicted molar refractivity (Wildman–Crippen MR) is 71.8 cm³/mol. The van der Waals surface area contributed by atoms with Crippen LogP contribution in [0.5, 0.6) is 0 Å². The number of benzene rings is 1. The first-order valence-electron chi connectivity index (χ1n) is 6.65. The molecule has 19 heavy (non-hydrogen) atoms. The summed E-state index contributed by atoms with van der Waals surface area (Å²) in [5.74, 6) is -0.399. The molecule has 0 saturated heterocycles. The van der Waals surface area contributed by atoms with Gasteiger partial charge in [-0.2, -0.15) is 0 Å². The number of rotatable bonds is 6. The molecule has 0 heterocycles. The van der Waals surface area contributed by atoms with E-state index in [1.54, 1.807) is 0 Å². The van der Waals surface area contributed by atoms with Gasteiger partial charge < -0.3 is 10.4 Å². The van der Waals surface area contributed by atoms with Gasteiger partial charge >= 0.3 is 5.97 Å². The van der Waals surface area contributed by atoms with Gasteiger partial charge in [-0.25, -0.2) is 0 Å². The minimum Gasteiger partial charge on any atom is -0.481 e. The van der Waals surface area contributed by atoms with Gasteiger partial charge in [0.05, 0.1) is 0 Å². The van der Waals surface area contributed by atoms with Gasteiger partial charge in [-0.3, -0.25) is 9.59 Å². The normalized spacial score (nSPS) is 22.6. The van der Waals surface area contributed by atoms with E-state index in [4.69, 9.17) is 5.11 Å². The van der Waals surface area contributed by atoms with E-state index in [9.17, 15) is 9.59 Å². The van der Waals surface area contributed by atoms with Crippen molar-refractivity contribution in [3.05, 3.63) is 35.9 Å². The molecule has 3 unspecified atom stereocenters. The third kappa shape index (κ3) is 3.81. The summed E-state index contributed by atoms with van der Waals surface area (Å²) < 4.78 is 0. The molecule has 4 nitrogen and oxygen atoms in total. The monoisotopic (exact) mass is 261 g/mol. The van der Waals surface area contributed by atoms with Crippen LogP contribution in [0.3, 0.4) is 0 Å². The van der Waals surface area contributed by atoms with Crippen molar-refractivity contribution < 1.29 is 14.7 Å². The first kappa shape index (κ1) is 13.6. The molecule has 0 radical (unpaired) electrons. The zero-order valence-electron chi connectivity index (χ0n) is 11.0. The summed E-state index contributed by atoms with van der Waals surface area (Å²) in [5, 5.41) is 11.5. The maximum Gasteiger partial charge on any atom is 0.303 e. The molecule has 1 fully saturated rings. The Hall–Kier alpha value is -1.84. The molecule has 1 aromatic carbocycles. The van der Waals surface area contributed by atoms with Gasteiger partial charge in [-0.15, -0.1) is 0 Å². The SMILES string of the molecule is CC(CCC(=O)O)NC(=O)C1CC1c1ccccc1. The fourth-order valence-corrected chi connectivity index (χ4v) is 2.32. The van der Waals surface area contributed by atoms with Crippen LogP contribution in [0, 0.1) is 5.92 Å². The molecular weight excluding hydrogens is 242 g/mol. The lowest BCUT2D eigenvalue weighted by atomic mass is 10.1. The number of carboxylic acid groups (broad SMARTS) is 1. The van der Waals surface area contributed by atoms with Crippen molar-refractivity contribution in [3.63, 3.8) is 0 Å². The van der Waals surface area contributed by atoms with E-state index >= 15 is 0 Å². The number of hydrogen-bond acceptors (Lipinski definition) is 2. The van der Waals surface area contributed by atoms with Crippen LogP contribution in [-0.2, 0) is 9.59 Å². The van der Waals surface area contributed by atoms with E-state index < -0.39 is 5.97 Å². The second-order valence-corrected chi connectivity index (χ2v) is 5.20. The van der Waals surface area contributed by atoms with E-state index in [1.165, 1.54) is 5.56 Å². The molecule has 2 N–H and O–H groups in total. The zero-order chi connectivity index (χ0) is 13.8. The van der Waals surface area contributed by atoms with Crippen molar-refractivity contribution in [1.29, 1.82) is 0 Å². The standard InChI is InChI=1S/C15H19NO3/c1-10(7-8-14(17)18)16-15(19)13-9-12(13)11-5-3-2-4-6-11/h2-6,10,12-13H,7-9H2,1H3,(H,16,19)(H,17,18). The highest BCUT2D eigenvalue weighted by atomic mass is 16.4. The van der Waals surface area contributed by atoms with Crippen LogP contribution in [0.15, 0.2) is 30.3 Å². The minimum absolute atomic E-state index is 0.0479. The van der Waals surface area contributed by atoms with Crippen molar-refractivity contribution in [3.8, 4) is 0 Å². The Morgan fingerprint density at radius 2 is 2.05 bits per heavy atom. The van der Waals surface area contributed by atoms with E-state index in [1.807, 2.05) is 37.3 Å². The zero-order valence-corrected chi connectivity index (χ0v) is 11.0. The van der Waals surface area contributed by atoms with Crippen molar-refractivity contribution in [2.45, 2.75) is 38.1 Å². The molecule has 102 valence electrons. The van der Waals surface area contributed by atoms with Crippen molar-refractivity contribution in [2.24, 2.45) is 5.92 Å². The quantitative estimate of drug-likeness (QED) is 0.824. The molecule has 0 bridgehead atoms. The Morgan fingerprint density at radius 1 is 1.37 bits per heavy atom. The largest absolute Gasteiger partial charge is 0.481 e. The van der Waals surface area contributed by atoms with Gasteiger partial charge in [0.25, 0.3) is 0 Å². The first-order valence-corrected chi connectivity index (χ1v) is 6.65. The Labute approximate surface area is 112 Å². The van der Waals surface area contributed by atoms with Gasteiger partial charge in [0.15, 0.2) is 0 Å². The molecule has 3 atom stereocenters. The number of hydrogen-bond donors (Lipinski definition) is 2. The third-order valence-corrected chi connectivity index (χ3v) is 3.53. The highest BCUT2D eigenvalue weighted by Gasteiger charge is 2.43. The molecule has 1 aliphatic carbocycles. The molecule has 2 rings (SSSR count). The van der Waals surface area contributed by atoms with Gasteiger partial charge in [0.1, 0.15) is 0 Å². The highest BCUT2D eigenvalue weighted by Crippen LogP contribution is 2.47. The van der Waals surface area contributed by atoms with Crippen LogP contribution in [0.4, 0.5) is 0 Å². The summed E-state index contributed by atoms with van der Waals surface area (Å²) >= 11 is 0. The number of aliphatic carboxylic acids is 1. The lowest BCUT2D eigenvalue weighted by Gasteiger charge is -2.12. The van der Waals surface area contributed by atoms with E-state index in [-0.39, 0.29) is 24.3 Å². The predicted octanol–water partition coefficient (Wildman–Crippen LogP) is 2.16. The van der Waals surface area contributed by atoms with Gasteiger partial charge in [-0.1, -0.05) is 30.3 Å². The molecule has 0 aromatic heterocycles. The van der Waals surface area contributed by atoms with Crippen LogP contribution in [-0.4, -0.2) is 23.0 Å². The van der Waals surface area contributed by atoms with E-state index in [2.05, 4.69) is 5.32 Å². The molecule has 1 aromatic rings. The number of carboxylic acids is 1. The lowest BCUT2D eigenvalue weighted by molar-refractivity contribution is -0.137. The van der Waals surface area contributed by atoms with Crippen LogP contribution in [0.1, 0.15) is 37.7 Å². The van der Waals surface area contributed by atoms with Crippen molar-refractivity contribution in [2.75, 3.05) is 0 Å². The summed E-state index contributed by atoms with van der Waals surface area (Å²) in [6, 6.07) is 9.95. The van der Waals surface area contributed by atoms with Crippen LogP contribution < -0.4 is 5.32 Å². The molecule has 1 amide bonds. The second-order valence-electron chi connectivity index (χ2n) is 5.20. The molecule has 0 spiro atoms. The van der Waals surface area contributed by atoms with Crippen LogP contribution in [0.2, 0.25) is 0 Å². The fourth-order valence-electron chi connectivity index (χ4n) is 2.32. The summed E-state index contributed by atoms with van der Waals surface area (Å²) in [7, 11) is 0. The van der Waals surface area contributed by atoms with Gasteiger partial charge in [0.2, 0.25) is 5.91 Å². The van der Waals surface area contributed by atoms with E-state index in [0.29, 0.717) is 12.3 Å². The van der Waals surface area contributed by atoms with E-state index in [0.717, 1.165) is 6.42 Å². The molecular formula is C15H19NO3.